The molecule has 2 aromatic heterocycles. The topological polar surface area (TPSA) is 76.3 Å². The molecule has 124 valence electrons. The number of aromatic nitrogens is 2. The van der Waals surface area contributed by atoms with E-state index in [2.05, 4.69) is 10.2 Å². The van der Waals surface area contributed by atoms with Gasteiger partial charge in [0, 0.05) is 24.0 Å². The van der Waals surface area contributed by atoms with Crippen LogP contribution >= 0.6 is 11.3 Å². The standard InChI is InChI=1S/C16H15N3O3S2/c20-24(21,14-4-2-1-3-5-14)19-8-6-12(10-19)15-17-18-16(22-15)13-7-9-23-11-13/h1-5,7,9,11-12H,6,8,10H2. The van der Waals surface area contributed by atoms with Crippen LogP contribution in [0, 0.1) is 0 Å². The first-order valence-corrected chi connectivity index (χ1v) is 9.94. The van der Waals surface area contributed by atoms with Crippen LogP contribution in [0.5, 0.6) is 0 Å². The Hall–Kier alpha value is -2.03. The predicted octanol–water partition coefficient (Wildman–Crippen LogP) is 2.98. The Kier molecular flexibility index (Phi) is 3.95. The van der Waals surface area contributed by atoms with Crippen LogP contribution in [0.25, 0.3) is 11.5 Å². The Labute approximate surface area is 143 Å². The molecule has 1 atom stereocenters. The summed E-state index contributed by atoms with van der Waals surface area (Å²) in [6.45, 7) is 0.820. The second-order valence-corrected chi connectivity index (χ2v) is 8.34. The van der Waals surface area contributed by atoms with Gasteiger partial charge in [-0.05, 0) is 30.0 Å². The second-order valence-electron chi connectivity index (χ2n) is 5.62. The summed E-state index contributed by atoms with van der Waals surface area (Å²) in [6.07, 6.45) is 0.678. The van der Waals surface area contributed by atoms with E-state index in [0.717, 1.165) is 5.56 Å². The smallest absolute Gasteiger partial charge is 0.248 e. The molecule has 6 nitrogen and oxygen atoms in total. The highest BCUT2D eigenvalue weighted by Gasteiger charge is 2.35. The minimum Gasteiger partial charge on any atom is -0.420 e. The van der Waals surface area contributed by atoms with E-state index in [1.807, 2.05) is 16.8 Å². The van der Waals surface area contributed by atoms with E-state index in [9.17, 15) is 8.42 Å². The van der Waals surface area contributed by atoms with Gasteiger partial charge < -0.3 is 4.42 Å². The molecule has 1 aromatic carbocycles. The lowest BCUT2D eigenvalue weighted by atomic mass is 10.1. The molecule has 3 aromatic rings. The lowest BCUT2D eigenvalue weighted by Crippen LogP contribution is -2.28. The van der Waals surface area contributed by atoms with Gasteiger partial charge in [0.05, 0.1) is 10.8 Å². The molecule has 4 rings (SSSR count). The van der Waals surface area contributed by atoms with Crippen LogP contribution in [-0.2, 0) is 10.0 Å². The third-order valence-corrected chi connectivity index (χ3v) is 6.65. The summed E-state index contributed by atoms with van der Waals surface area (Å²) >= 11 is 1.56. The predicted molar refractivity (Wildman–Crippen MR) is 90.2 cm³/mol. The number of nitrogens with zero attached hydrogens (tertiary/aromatic N) is 3. The van der Waals surface area contributed by atoms with Gasteiger partial charge in [0.2, 0.25) is 21.8 Å². The van der Waals surface area contributed by atoms with Gasteiger partial charge in [-0.15, -0.1) is 10.2 Å². The SMILES string of the molecule is O=S(=O)(c1ccccc1)N1CCC(c2nnc(-c3ccsc3)o2)C1. The van der Waals surface area contributed by atoms with Gasteiger partial charge in [-0.2, -0.15) is 15.6 Å². The fourth-order valence-electron chi connectivity index (χ4n) is 2.79. The molecule has 24 heavy (non-hydrogen) atoms. The van der Waals surface area contributed by atoms with Crippen LogP contribution in [-0.4, -0.2) is 36.0 Å². The van der Waals surface area contributed by atoms with Crippen molar-refractivity contribution in [3.05, 3.63) is 53.0 Å². The summed E-state index contributed by atoms with van der Waals surface area (Å²) in [6, 6.07) is 10.4. The van der Waals surface area contributed by atoms with Gasteiger partial charge in [0.15, 0.2) is 0 Å². The summed E-state index contributed by atoms with van der Waals surface area (Å²) in [5.41, 5.74) is 0.894. The maximum absolute atomic E-state index is 12.7. The molecule has 1 aliphatic heterocycles. The minimum absolute atomic E-state index is 0.0663. The molecule has 1 fully saturated rings. The number of hydrogen-bond acceptors (Lipinski definition) is 6. The minimum atomic E-state index is -3.47. The Morgan fingerprint density at radius 1 is 1.17 bits per heavy atom. The molecule has 0 N–H and O–H groups in total. The van der Waals surface area contributed by atoms with Gasteiger partial charge >= 0.3 is 0 Å². The second kappa shape index (κ2) is 6.12. The van der Waals surface area contributed by atoms with E-state index in [1.54, 1.807) is 41.7 Å². The number of benzene rings is 1. The van der Waals surface area contributed by atoms with Crippen molar-refractivity contribution in [2.45, 2.75) is 17.2 Å². The van der Waals surface area contributed by atoms with E-state index in [4.69, 9.17) is 4.42 Å². The fourth-order valence-corrected chi connectivity index (χ4v) is 4.94. The summed E-state index contributed by atoms with van der Waals surface area (Å²) in [5.74, 6) is 0.918. The Morgan fingerprint density at radius 3 is 2.75 bits per heavy atom. The van der Waals surface area contributed by atoms with Crippen molar-refractivity contribution >= 4 is 21.4 Å². The zero-order chi connectivity index (χ0) is 16.6. The average molecular weight is 361 g/mol. The number of rotatable bonds is 4. The van der Waals surface area contributed by atoms with Gasteiger partial charge in [0.25, 0.3) is 0 Å². The highest BCUT2D eigenvalue weighted by molar-refractivity contribution is 7.89. The average Bonchev–Trinajstić information content (AvgIpc) is 3.34. The van der Waals surface area contributed by atoms with Crippen LogP contribution in [0.2, 0.25) is 0 Å². The normalized spacial score (nSPS) is 18.9. The van der Waals surface area contributed by atoms with Crippen LogP contribution in [0.15, 0.2) is 56.5 Å². The Bertz CT molecular complexity index is 921. The maximum Gasteiger partial charge on any atom is 0.248 e. The summed E-state index contributed by atoms with van der Waals surface area (Å²) in [4.78, 5) is 0.315. The van der Waals surface area contributed by atoms with Gasteiger partial charge in [-0.25, -0.2) is 8.42 Å². The Balaban J connectivity index is 1.53. The first kappa shape index (κ1) is 15.5. The fraction of sp³-hybridized carbons (Fsp3) is 0.250. The molecule has 0 spiro atoms. The van der Waals surface area contributed by atoms with Crippen LogP contribution < -0.4 is 0 Å². The third-order valence-electron chi connectivity index (χ3n) is 4.09. The highest BCUT2D eigenvalue weighted by atomic mass is 32.2. The summed E-state index contributed by atoms with van der Waals surface area (Å²) in [5, 5.41) is 12.1. The van der Waals surface area contributed by atoms with Crippen molar-refractivity contribution in [2.24, 2.45) is 0 Å². The van der Waals surface area contributed by atoms with Gasteiger partial charge in [0.1, 0.15) is 0 Å². The number of thiophene rings is 1. The largest absolute Gasteiger partial charge is 0.420 e. The van der Waals surface area contributed by atoms with Crippen molar-refractivity contribution < 1.29 is 12.8 Å². The molecule has 3 heterocycles. The lowest BCUT2D eigenvalue weighted by molar-refractivity contribution is 0.440. The molecule has 0 aliphatic carbocycles. The molecule has 1 saturated heterocycles. The lowest BCUT2D eigenvalue weighted by Gasteiger charge is -2.15. The van der Waals surface area contributed by atoms with E-state index in [0.29, 0.717) is 36.2 Å². The maximum atomic E-state index is 12.7. The van der Waals surface area contributed by atoms with Gasteiger partial charge in [-0.1, -0.05) is 18.2 Å². The molecular formula is C16H15N3O3S2. The zero-order valence-corrected chi connectivity index (χ0v) is 14.3. The van der Waals surface area contributed by atoms with Crippen LogP contribution in [0.1, 0.15) is 18.2 Å². The molecule has 0 saturated carbocycles. The molecular weight excluding hydrogens is 346 g/mol. The summed E-state index contributed by atoms with van der Waals surface area (Å²) < 4.78 is 32.6. The van der Waals surface area contributed by atoms with Crippen LogP contribution in [0.3, 0.4) is 0 Å². The monoisotopic (exact) mass is 361 g/mol. The van der Waals surface area contributed by atoms with E-state index in [-0.39, 0.29) is 5.92 Å². The quantitative estimate of drug-likeness (QED) is 0.714. The number of sulfonamides is 1. The first-order chi connectivity index (χ1) is 11.6. The van der Waals surface area contributed by atoms with Crippen LogP contribution in [0.4, 0.5) is 0 Å². The molecule has 1 unspecified atom stereocenters. The molecule has 0 bridgehead atoms. The van der Waals surface area contributed by atoms with Crippen molar-refractivity contribution in [2.75, 3.05) is 13.1 Å². The molecule has 1 aliphatic rings. The van der Waals surface area contributed by atoms with Crippen molar-refractivity contribution in [3.63, 3.8) is 0 Å². The highest BCUT2D eigenvalue weighted by Crippen LogP contribution is 2.32. The molecule has 8 heteroatoms. The van der Waals surface area contributed by atoms with E-state index < -0.39 is 10.0 Å². The summed E-state index contributed by atoms with van der Waals surface area (Å²) in [7, 11) is -3.47. The van der Waals surface area contributed by atoms with Crippen molar-refractivity contribution in [1.82, 2.24) is 14.5 Å². The Morgan fingerprint density at radius 2 is 2.00 bits per heavy atom. The molecule has 0 radical (unpaired) electrons. The third kappa shape index (κ3) is 2.77. The molecule has 0 amide bonds. The first-order valence-electron chi connectivity index (χ1n) is 7.56. The zero-order valence-electron chi connectivity index (χ0n) is 12.7. The van der Waals surface area contributed by atoms with E-state index in [1.165, 1.54) is 4.31 Å². The van der Waals surface area contributed by atoms with Gasteiger partial charge in [-0.3, -0.25) is 0 Å². The van der Waals surface area contributed by atoms with E-state index >= 15 is 0 Å². The van der Waals surface area contributed by atoms with Crippen molar-refractivity contribution in [1.29, 1.82) is 0 Å². The number of hydrogen-bond donors (Lipinski definition) is 0. The van der Waals surface area contributed by atoms with Crippen molar-refractivity contribution in [3.8, 4) is 11.5 Å².